The van der Waals surface area contributed by atoms with Gasteiger partial charge in [-0.2, -0.15) is 0 Å². The molecule has 2 nitrogen and oxygen atoms in total. The summed E-state index contributed by atoms with van der Waals surface area (Å²) in [4.78, 5) is 0. The molecule has 2 N–H and O–H groups in total. The quantitative estimate of drug-likeness (QED) is 0.706. The van der Waals surface area contributed by atoms with Gasteiger partial charge in [-0.05, 0) is 11.0 Å². The van der Waals surface area contributed by atoms with Gasteiger partial charge in [0.15, 0.2) is 0 Å². The van der Waals surface area contributed by atoms with Crippen LogP contribution >= 0.6 is 0 Å². The Morgan fingerprint density at radius 1 is 1.18 bits per heavy atom. The summed E-state index contributed by atoms with van der Waals surface area (Å²) in [7, 11) is 0. The van der Waals surface area contributed by atoms with E-state index in [9.17, 15) is 5.11 Å². The van der Waals surface area contributed by atoms with Gasteiger partial charge in [-0.1, -0.05) is 52.0 Å². The molecule has 3 unspecified atom stereocenters. The minimum absolute atomic E-state index is 0.00132. The number of benzene rings is 1. The van der Waals surface area contributed by atoms with Crippen LogP contribution in [0.5, 0.6) is 0 Å². The van der Waals surface area contributed by atoms with Crippen molar-refractivity contribution in [2.75, 3.05) is 0 Å². The van der Waals surface area contributed by atoms with Gasteiger partial charge in [-0.25, -0.2) is 0 Å². The van der Waals surface area contributed by atoms with Crippen LogP contribution in [0.2, 0.25) is 0 Å². The van der Waals surface area contributed by atoms with Crippen molar-refractivity contribution >= 4 is 5.71 Å². The second-order valence-corrected chi connectivity index (χ2v) is 6.13. The van der Waals surface area contributed by atoms with E-state index < -0.39 is 6.10 Å². The van der Waals surface area contributed by atoms with E-state index in [1.165, 1.54) is 0 Å². The van der Waals surface area contributed by atoms with Gasteiger partial charge >= 0.3 is 0 Å². The summed E-state index contributed by atoms with van der Waals surface area (Å²) < 4.78 is 0. The van der Waals surface area contributed by atoms with Gasteiger partial charge in [0, 0.05) is 23.1 Å². The highest BCUT2D eigenvalue weighted by molar-refractivity contribution is 6.02. The van der Waals surface area contributed by atoms with Crippen LogP contribution in [0.25, 0.3) is 0 Å². The van der Waals surface area contributed by atoms with Crippen molar-refractivity contribution in [3.8, 4) is 0 Å². The van der Waals surface area contributed by atoms with Crippen LogP contribution in [0.4, 0.5) is 0 Å². The number of aliphatic hydroxyl groups is 1. The van der Waals surface area contributed by atoms with Crippen molar-refractivity contribution in [3.05, 3.63) is 35.4 Å². The molecule has 0 aliphatic heterocycles. The molecule has 1 aliphatic carbocycles. The normalized spacial score (nSPS) is 29.0. The topological polar surface area (TPSA) is 44.1 Å². The second kappa shape index (κ2) is 3.95. The molecule has 0 saturated carbocycles. The summed E-state index contributed by atoms with van der Waals surface area (Å²) in [5, 5.41) is 18.8. The summed E-state index contributed by atoms with van der Waals surface area (Å²) >= 11 is 0. The van der Waals surface area contributed by atoms with E-state index in [-0.39, 0.29) is 17.3 Å². The molecule has 2 rings (SSSR count). The highest BCUT2D eigenvalue weighted by atomic mass is 16.3. The van der Waals surface area contributed by atoms with Crippen LogP contribution in [-0.4, -0.2) is 10.8 Å². The first kappa shape index (κ1) is 12.3. The van der Waals surface area contributed by atoms with Gasteiger partial charge in [0.05, 0.1) is 6.10 Å². The smallest absolute Gasteiger partial charge is 0.0835 e. The lowest BCUT2D eigenvalue weighted by Crippen LogP contribution is -2.40. The van der Waals surface area contributed by atoms with E-state index in [0.29, 0.717) is 5.71 Å². The fourth-order valence-corrected chi connectivity index (χ4v) is 3.12. The molecular weight excluding hydrogens is 210 g/mol. The first-order chi connectivity index (χ1) is 7.84. The maximum absolute atomic E-state index is 10.5. The van der Waals surface area contributed by atoms with E-state index >= 15 is 0 Å². The summed E-state index contributed by atoms with van der Waals surface area (Å²) in [6.07, 6.45) is -0.463. The largest absolute Gasteiger partial charge is 0.388 e. The third-order valence-electron chi connectivity index (χ3n) is 3.90. The summed E-state index contributed by atoms with van der Waals surface area (Å²) in [6.45, 7) is 8.47. The molecule has 0 heterocycles. The Balaban J connectivity index is 2.55. The molecule has 0 amide bonds. The number of hydrogen-bond acceptors (Lipinski definition) is 2. The zero-order valence-corrected chi connectivity index (χ0v) is 11.0. The standard InChI is InChI=1S/C15H21NO/c1-9-12(15(2,3)4)14(17)11-8-6-5-7-10(11)13(9)16/h5-9,12,14,16-17H,1-4H3. The molecule has 1 aromatic rings. The molecule has 2 heteroatoms. The lowest BCUT2D eigenvalue weighted by Gasteiger charge is -2.43. The van der Waals surface area contributed by atoms with Crippen molar-refractivity contribution in [2.45, 2.75) is 33.8 Å². The van der Waals surface area contributed by atoms with Crippen LogP contribution in [0.3, 0.4) is 0 Å². The number of hydrogen-bond donors (Lipinski definition) is 2. The third-order valence-corrected chi connectivity index (χ3v) is 3.90. The second-order valence-electron chi connectivity index (χ2n) is 6.13. The Kier molecular flexibility index (Phi) is 2.86. The molecule has 17 heavy (non-hydrogen) atoms. The number of rotatable bonds is 0. The van der Waals surface area contributed by atoms with Gasteiger partial charge in [-0.3, -0.25) is 0 Å². The average molecular weight is 231 g/mol. The average Bonchev–Trinajstić information content (AvgIpc) is 2.24. The predicted molar refractivity (Wildman–Crippen MR) is 70.3 cm³/mol. The first-order valence-corrected chi connectivity index (χ1v) is 6.20. The zero-order valence-electron chi connectivity index (χ0n) is 11.0. The molecule has 92 valence electrons. The Hall–Kier alpha value is -1.15. The lowest BCUT2D eigenvalue weighted by atomic mass is 9.63. The van der Waals surface area contributed by atoms with E-state index in [2.05, 4.69) is 27.7 Å². The minimum atomic E-state index is -0.463. The highest BCUT2D eigenvalue weighted by Gasteiger charge is 2.42. The monoisotopic (exact) mass is 231 g/mol. The van der Waals surface area contributed by atoms with Gasteiger partial charge in [0.2, 0.25) is 0 Å². The van der Waals surface area contributed by atoms with Gasteiger partial charge in [0.1, 0.15) is 0 Å². The van der Waals surface area contributed by atoms with Crippen molar-refractivity contribution in [1.29, 1.82) is 5.41 Å². The van der Waals surface area contributed by atoms with E-state index in [4.69, 9.17) is 5.41 Å². The number of fused-ring (bicyclic) bond motifs is 1. The molecular formula is C15H21NO. The van der Waals surface area contributed by atoms with Gasteiger partial charge in [0.25, 0.3) is 0 Å². The zero-order chi connectivity index (χ0) is 12.8. The lowest BCUT2D eigenvalue weighted by molar-refractivity contribution is 0.0196. The third kappa shape index (κ3) is 1.91. The summed E-state index contributed by atoms with van der Waals surface area (Å²) in [6, 6.07) is 7.75. The van der Waals surface area contributed by atoms with Crippen LogP contribution in [0, 0.1) is 22.7 Å². The summed E-state index contributed by atoms with van der Waals surface area (Å²) in [5.41, 5.74) is 2.48. The molecule has 0 saturated heterocycles. The molecule has 1 aliphatic rings. The number of nitrogens with one attached hydrogen (secondary N) is 1. The molecule has 1 aromatic carbocycles. The van der Waals surface area contributed by atoms with Crippen LogP contribution in [0.15, 0.2) is 24.3 Å². The van der Waals surface area contributed by atoms with Gasteiger partial charge < -0.3 is 10.5 Å². The maximum Gasteiger partial charge on any atom is 0.0835 e. The fourth-order valence-electron chi connectivity index (χ4n) is 3.12. The van der Waals surface area contributed by atoms with Crippen LogP contribution < -0.4 is 0 Å². The van der Waals surface area contributed by atoms with Gasteiger partial charge in [-0.15, -0.1) is 0 Å². The Bertz CT molecular complexity index is 444. The van der Waals surface area contributed by atoms with Crippen molar-refractivity contribution in [1.82, 2.24) is 0 Å². The van der Waals surface area contributed by atoms with Crippen LogP contribution in [0.1, 0.15) is 44.9 Å². The molecule has 0 radical (unpaired) electrons. The maximum atomic E-state index is 10.5. The Labute approximate surface area is 103 Å². The molecule has 0 fully saturated rings. The minimum Gasteiger partial charge on any atom is -0.388 e. The summed E-state index contributed by atoms with van der Waals surface area (Å²) in [5.74, 6) is 0.199. The molecule has 0 spiro atoms. The Morgan fingerprint density at radius 3 is 2.35 bits per heavy atom. The predicted octanol–water partition coefficient (Wildman–Crippen LogP) is 3.40. The van der Waals surface area contributed by atoms with Crippen molar-refractivity contribution < 1.29 is 5.11 Å². The number of aliphatic hydroxyl groups excluding tert-OH is 1. The molecule has 0 aromatic heterocycles. The Morgan fingerprint density at radius 2 is 1.76 bits per heavy atom. The first-order valence-electron chi connectivity index (χ1n) is 6.20. The van der Waals surface area contributed by atoms with E-state index in [1.54, 1.807) is 0 Å². The van der Waals surface area contributed by atoms with E-state index in [1.807, 2.05) is 24.3 Å². The fraction of sp³-hybridized carbons (Fsp3) is 0.533. The van der Waals surface area contributed by atoms with Crippen LogP contribution in [-0.2, 0) is 0 Å². The van der Waals surface area contributed by atoms with Crippen molar-refractivity contribution in [3.63, 3.8) is 0 Å². The molecule has 3 atom stereocenters. The SMILES string of the molecule is CC1C(=N)c2ccccc2C(O)C1C(C)(C)C. The molecule has 0 bridgehead atoms. The van der Waals surface area contributed by atoms with Crippen molar-refractivity contribution in [2.24, 2.45) is 17.3 Å². The highest BCUT2D eigenvalue weighted by Crippen LogP contribution is 2.46. The van der Waals surface area contributed by atoms with E-state index in [0.717, 1.165) is 11.1 Å².